The third kappa shape index (κ3) is 5.64. The molecule has 0 aliphatic carbocycles. The van der Waals surface area contributed by atoms with Crippen molar-refractivity contribution in [2.75, 3.05) is 19.7 Å². The van der Waals surface area contributed by atoms with Crippen molar-refractivity contribution in [3.05, 3.63) is 77.4 Å². The van der Waals surface area contributed by atoms with Gasteiger partial charge in [-0.15, -0.1) is 10.2 Å². The monoisotopic (exact) mass is 427 g/mol. The lowest BCUT2D eigenvalue weighted by molar-refractivity contribution is -0.123. The highest BCUT2D eigenvalue weighted by molar-refractivity contribution is 5.77. The highest BCUT2D eigenvalue weighted by Gasteiger charge is 2.19. The number of benzene rings is 2. The summed E-state index contributed by atoms with van der Waals surface area (Å²) in [5.74, 6) is 0.740. The van der Waals surface area contributed by atoms with Gasteiger partial charge in [0.25, 0.3) is 5.91 Å². The summed E-state index contributed by atoms with van der Waals surface area (Å²) in [4.78, 5) is 14.2. The van der Waals surface area contributed by atoms with E-state index in [1.165, 1.54) is 12.1 Å². The van der Waals surface area contributed by atoms with E-state index in [9.17, 15) is 13.6 Å². The molecule has 9 heteroatoms. The average Bonchev–Trinajstić information content (AvgIpc) is 3.03. The molecular formula is C22H23F2N5O2. The van der Waals surface area contributed by atoms with Gasteiger partial charge in [-0.05, 0) is 29.8 Å². The van der Waals surface area contributed by atoms with E-state index >= 15 is 0 Å². The second-order valence-electron chi connectivity index (χ2n) is 7.37. The van der Waals surface area contributed by atoms with Crippen LogP contribution in [0.5, 0.6) is 5.75 Å². The third-order valence-corrected chi connectivity index (χ3v) is 5.08. The van der Waals surface area contributed by atoms with Gasteiger partial charge in [0.1, 0.15) is 23.2 Å². The maximum absolute atomic E-state index is 13.5. The zero-order valence-electron chi connectivity index (χ0n) is 16.9. The number of hydrogen-bond donors (Lipinski definition) is 1. The van der Waals surface area contributed by atoms with Crippen LogP contribution in [-0.4, -0.2) is 45.3 Å². The van der Waals surface area contributed by atoms with Crippen molar-refractivity contribution in [3.63, 3.8) is 0 Å². The minimum Gasteiger partial charge on any atom is -0.484 e. The molecule has 0 saturated carbocycles. The third-order valence-electron chi connectivity index (χ3n) is 5.08. The molecule has 1 amide bonds. The number of rotatable bonds is 7. The minimum atomic E-state index is -0.573. The number of ether oxygens (including phenoxy) is 1. The van der Waals surface area contributed by atoms with Crippen molar-refractivity contribution in [2.45, 2.75) is 26.1 Å². The minimum absolute atomic E-state index is 0.0804. The lowest BCUT2D eigenvalue weighted by Gasteiger charge is -2.19. The number of nitrogens with zero attached hydrogens (tertiary/aromatic N) is 4. The highest BCUT2D eigenvalue weighted by Crippen LogP contribution is 2.15. The van der Waals surface area contributed by atoms with Gasteiger partial charge in [0.2, 0.25) is 0 Å². The van der Waals surface area contributed by atoms with Crippen LogP contribution in [-0.2, 0) is 30.8 Å². The molecule has 4 rings (SSSR count). The molecule has 2 heterocycles. The number of halogens is 2. The Hall–Kier alpha value is -3.33. The number of carbonyl (C=O) groups excluding carboxylic acids is 1. The summed E-state index contributed by atoms with van der Waals surface area (Å²) in [6.07, 6.45) is 0.663. The van der Waals surface area contributed by atoms with Crippen LogP contribution >= 0.6 is 0 Å². The summed E-state index contributed by atoms with van der Waals surface area (Å²) in [7, 11) is 0. The fourth-order valence-corrected chi connectivity index (χ4v) is 3.57. The number of fused-ring (bicyclic) bond motifs is 1. The number of carbonyl (C=O) groups is 1. The van der Waals surface area contributed by atoms with Crippen molar-refractivity contribution in [1.29, 1.82) is 0 Å². The van der Waals surface area contributed by atoms with Crippen LogP contribution in [0.2, 0.25) is 0 Å². The van der Waals surface area contributed by atoms with E-state index in [1.54, 1.807) is 12.1 Å². The molecule has 0 radical (unpaired) electrons. The first-order chi connectivity index (χ1) is 15.1. The molecule has 3 aromatic rings. The Labute approximate surface area is 178 Å². The van der Waals surface area contributed by atoms with Crippen LogP contribution in [0.25, 0.3) is 0 Å². The molecule has 0 atom stereocenters. The Kier molecular flexibility index (Phi) is 6.51. The maximum atomic E-state index is 13.5. The fourth-order valence-electron chi connectivity index (χ4n) is 3.57. The van der Waals surface area contributed by atoms with Crippen molar-refractivity contribution < 1.29 is 18.3 Å². The topological polar surface area (TPSA) is 72.3 Å². The Morgan fingerprint density at radius 3 is 2.58 bits per heavy atom. The number of amides is 1. The van der Waals surface area contributed by atoms with Gasteiger partial charge in [-0.3, -0.25) is 9.69 Å². The lowest BCUT2D eigenvalue weighted by Crippen LogP contribution is -2.30. The zero-order valence-corrected chi connectivity index (χ0v) is 16.9. The van der Waals surface area contributed by atoms with E-state index in [1.807, 2.05) is 22.8 Å². The molecule has 7 nitrogen and oxygen atoms in total. The van der Waals surface area contributed by atoms with Crippen molar-refractivity contribution in [2.24, 2.45) is 0 Å². The van der Waals surface area contributed by atoms with Gasteiger partial charge in [-0.25, -0.2) is 8.78 Å². The van der Waals surface area contributed by atoms with E-state index in [0.717, 1.165) is 11.9 Å². The molecule has 1 aliphatic heterocycles. The summed E-state index contributed by atoms with van der Waals surface area (Å²) in [5.41, 5.74) is 0.598. The number of hydrogen-bond acceptors (Lipinski definition) is 5. The van der Waals surface area contributed by atoms with Crippen LogP contribution in [0.15, 0.2) is 48.5 Å². The number of aromatic nitrogens is 3. The Bertz CT molecular complexity index is 1020. The van der Waals surface area contributed by atoms with Gasteiger partial charge in [0.15, 0.2) is 12.4 Å². The molecule has 0 bridgehead atoms. The van der Waals surface area contributed by atoms with Gasteiger partial charge in [-0.2, -0.15) is 0 Å². The first kappa shape index (κ1) is 20.9. The van der Waals surface area contributed by atoms with E-state index in [4.69, 9.17) is 4.74 Å². The van der Waals surface area contributed by atoms with E-state index in [0.29, 0.717) is 49.7 Å². The molecule has 0 unspecified atom stereocenters. The summed E-state index contributed by atoms with van der Waals surface area (Å²) < 4.78 is 34.3. The van der Waals surface area contributed by atoms with Crippen LogP contribution in [0.1, 0.15) is 17.2 Å². The van der Waals surface area contributed by atoms with E-state index in [-0.39, 0.29) is 19.1 Å². The average molecular weight is 427 g/mol. The summed E-state index contributed by atoms with van der Waals surface area (Å²) in [6, 6.07) is 12.7. The predicted octanol–water partition coefficient (Wildman–Crippen LogP) is 2.31. The molecule has 1 aliphatic rings. The van der Waals surface area contributed by atoms with Crippen LogP contribution in [0.3, 0.4) is 0 Å². The predicted molar refractivity (Wildman–Crippen MR) is 109 cm³/mol. The largest absolute Gasteiger partial charge is 0.484 e. The van der Waals surface area contributed by atoms with Crippen molar-refractivity contribution in [3.8, 4) is 5.75 Å². The first-order valence-corrected chi connectivity index (χ1v) is 10.1. The Balaban J connectivity index is 1.30. The smallest absolute Gasteiger partial charge is 0.258 e. The van der Waals surface area contributed by atoms with Crippen LogP contribution in [0, 0.1) is 11.6 Å². The SMILES string of the molecule is O=C(COc1ccccc1)NCc1nnc2n1CCN(Cc1cc(F)cc(F)c1)CC2. The van der Waals surface area contributed by atoms with E-state index in [2.05, 4.69) is 20.4 Å². The first-order valence-electron chi connectivity index (χ1n) is 10.1. The molecular weight excluding hydrogens is 404 g/mol. The molecule has 0 spiro atoms. The van der Waals surface area contributed by atoms with Gasteiger partial charge >= 0.3 is 0 Å². The quantitative estimate of drug-likeness (QED) is 0.627. The standard InChI is InChI=1S/C22H23F2N5O2/c23-17-10-16(11-18(24)12-17)14-28-7-6-20-26-27-21(29(20)9-8-28)13-25-22(30)15-31-19-4-2-1-3-5-19/h1-5,10-12H,6-9,13-15H2,(H,25,30). The van der Waals surface area contributed by atoms with Gasteiger partial charge in [0, 0.05) is 38.7 Å². The zero-order chi connectivity index (χ0) is 21.6. The van der Waals surface area contributed by atoms with Gasteiger partial charge < -0.3 is 14.6 Å². The molecule has 162 valence electrons. The molecule has 31 heavy (non-hydrogen) atoms. The summed E-state index contributed by atoms with van der Waals surface area (Å²) >= 11 is 0. The van der Waals surface area contributed by atoms with Crippen molar-refractivity contribution in [1.82, 2.24) is 25.0 Å². The van der Waals surface area contributed by atoms with Crippen LogP contribution in [0.4, 0.5) is 8.78 Å². The molecule has 1 N–H and O–H groups in total. The number of nitrogens with one attached hydrogen (secondary N) is 1. The Morgan fingerprint density at radius 2 is 1.81 bits per heavy atom. The lowest BCUT2D eigenvalue weighted by atomic mass is 10.2. The summed E-state index contributed by atoms with van der Waals surface area (Å²) in [6.45, 7) is 2.64. The normalized spacial score (nSPS) is 14.0. The second-order valence-corrected chi connectivity index (χ2v) is 7.37. The summed E-state index contributed by atoms with van der Waals surface area (Å²) in [5, 5.41) is 11.2. The molecule has 0 fully saturated rings. The van der Waals surface area contributed by atoms with Gasteiger partial charge in [0.05, 0.1) is 6.54 Å². The maximum Gasteiger partial charge on any atom is 0.258 e. The van der Waals surface area contributed by atoms with Crippen LogP contribution < -0.4 is 10.1 Å². The second kappa shape index (κ2) is 9.65. The van der Waals surface area contributed by atoms with E-state index < -0.39 is 11.6 Å². The molecule has 2 aromatic carbocycles. The highest BCUT2D eigenvalue weighted by atomic mass is 19.1. The Morgan fingerprint density at radius 1 is 1.03 bits per heavy atom. The number of para-hydroxylation sites is 1. The fraction of sp³-hybridized carbons (Fsp3) is 0.318. The molecule has 1 aromatic heterocycles. The molecule has 0 saturated heterocycles. The van der Waals surface area contributed by atoms with Gasteiger partial charge in [-0.1, -0.05) is 18.2 Å². The van der Waals surface area contributed by atoms with Crippen molar-refractivity contribution >= 4 is 5.91 Å².